The van der Waals surface area contributed by atoms with Gasteiger partial charge in [-0.1, -0.05) is 92.6 Å². The molecule has 0 aromatic heterocycles. The van der Waals surface area contributed by atoms with Crippen molar-refractivity contribution in [3.8, 4) is 12.1 Å². The molecule has 4 rings (SSSR count). The molecule has 3 aromatic carbocycles. The fraction of sp³-hybridized carbons (Fsp3) is 0.395. The quantitative estimate of drug-likeness (QED) is 0.237. The molecule has 41 heavy (non-hydrogen) atoms. The van der Waals surface area contributed by atoms with E-state index in [9.17, 15) is 4.79 Å². The minimum Gasteiger partial charge on any atom is -0.300 e. The fourth-order valence-electron chi connectivity index (χ4n) is 4.70. The lowest BCUT2D eigenvalue weighted by Crippen LogP contribution is -2.10. The Kier molecular flexibility index (Phi) is 17.9. The summed E-state index contributed by atoms with van der Waals surface area (Å²) in [6.07, 6.45) is 9.86. The van der Waals surface area contributed by atoms with E-state index < -0.39 is 0 Å². The first-order chi connectivity index (χ1) is 19.8. The molecule has 216 valence electrons. The van der Waals surface area contributed by atoms with Crippen LogP contribution in [0.3, 0.4) is 0 Å². The standard InChI is InChI=1S/C18H26O.C10H9N.C8H10.C2H3N/c1-4-9-16(10-5-2)14-18(13-15(3)19)17-11-7-6-8-12-17;11-7-8-1-3-9(4-2-8)10-5-6-10;1-7-5-3-4-6-8(7)2;1-2-3/h4,6-8,11-12,16,18H,1,5,9-10,13-14H2,2-3H3;1-4,10H,5-6H2;3-6H,1-2H3;1H3. The van der Waals surface area contributed by atoms with E-state index in [1.54, 1.807) is 13.0 Å². The first-order valence-electron chi connectivity index (χ1n) is 14.8. The van der Waals surface area contributed by atoms with Gasteiger partial charge in [-0.3, -0.25) is 0 Å². The molecule has 0 aliphatic heterocycles. The maximum Gasteiger partial charge on any atom is 0.130 e. The molecule has 0 saturated heterocycles. The Balaban J connectivity index is 0.000000320. The molecule has 0 amide bonds. The predicted molar refractivity (Wildman–Crippen MR) is 173 cm³/mol. The van der Waals surface area contributed by atoms with Gasteiger partial charge >= 0.3 is 0 Å². The van der Waals surface area contributed by atoms with Crippen LogP contribution in [0.1, 0.15) is 105 Å². The summed E-state index contributed by atoms with van der Waals surface area (Å²) in [6.45, 7) is 13.4. The van der Waals surface area contributed by atoms with Crippen LogP contribution >= 0.6 is 0 Å². The smallest absolute Gasteiger partial charge is 0.130 e. The highest BCUT2D eigenvalue weighted by atomic mass is 16.1. The molecule has 3 heteroatoms. The highest BCUT2D eigenvalue weighted by Gasteiger charge is 2.22. The summed E-state index contributed by atoms with van der Waals surface area (Å²) in [6, 6.07) is 30.6. The average Bonchev–Trinajstić information content (AvgIpc) is 3.82. The largest absolute Gasteiger partial charge is 0.300 e. The van der Waals surface area contributed by atoms with E-state index in [0.717, 1.165) is 24.3 Å². The monoisotopic (exact) mass is 548 g/mol. The van der Waals surface area contributed by atoms with Gasteiger partial charge in [-0.25, -0.2) is 0 Å². The first-order valence-corrected chi connectivity index (χ1v) is 14.8. The lowest BCUT2D eigenvalue weighted by Gasteiger charge is -2.22. The Morgan fingerprint density at radius 2 is 1.49 bits per heavy atom. The lowest BCUT2D eigenvalue weighted by molar-refractivity contribution is -0.117. The lowest BCUT2D eigenvalue weighted by atomic mass is 9.82. The number of nitriles is 2. The van der Waals surface area contributed by atoms with Crippen LogP contribution in [0, 0.1) is 42.4 Å². The minimum absolute atomic E-state index is 0.280. The summed E-state index contributed by atoms with van der Waals surface area (Å²) < 4.78 is 0. The van der Waals surface area contributed by atoms with Gasteiger partial charge in [-0.2, -0.15) is 10.5 Å². The maximum absolute atomic E-state index is 11.5. The third-order valence-electron chi connectivity index (χ3n) is 7.13. The van der Waals surface area contributed by atoms with Gasteiger partial charge in [0.1, 0.15) is 5.78 Å². The number of benzene rings is 3. The van der Waals surface area contributed by atoms with Crippen molar-refractivity contribution in [1.82, 2.24) is 0 Å². The number of rotatable bonds is 10. The molecule has 0 spiro atoms. The van der Waals surface area contributed by atoms with Gasteiger partial charge in [-0.05, 0) is 98.6 Å². The van der Waals surface area contributed by atoms with Gasteiger partial charge < -0.3 is 4.79 Å². The van der Waals surface area contributed by atoms with Crippen LogP contribution in [0.25, 0.3) is 0 Å². The maximum atomic E-state index is 11.5. The van der Waals surface area contributed by atoms with Crippen LogP contribution in [0.15, 0.2) is 91.5 Å². The number of carbonyl (C=O) groups excluding carboxylic acids is 1. The van der Waals surface area contributed by atoms with Gasteiger partial charge in [-0.15, -0.1) is 6.58 Å². The third kappa shape index (κ3) is 15.4. The van der Waals surface area contributed by atoms with E-state index in [-0.39, 0.29) is 5.78 Å². The van der Waals surface area contributed by atoms with Crippen molar-refractivity contribution in [2.45, 2.75) is 91.4 Å². The van der Waals surface area contributed by atoms with E-state index >= 15 is 0 Å². The van der Waals surface area contributed by atoms with Crippen LogP contribution in [-0.2, 0) is 4.79 Å². The molecule has 0 heterocycles. The normalized spacial score (nSPS) is 12.7. The van der Waals surface area contributed by atoms with Crippen molar-refractivity contribution in [2.75, 3.05) is 0 Å². The molecule has 3 nitrogen and oxygen atoms in total. The zero-order valence-corrected chi connectivity index (χ0v) is 25.8. The second kappa shape index (κ2) is 20.9. The third-order valence-corrected chi connectivity index (χ3v) is 7.13. The van der Waals surface area contributed by atoms with Crippen molar-refractivity contribution in [3.63, 3.8) is 0 Å². The van der Waals surface area contributed by atoms with Crippen molar-refractivity contribution in [1.29, 1.82) is 10.5 Å². The van der Waals surface area contributed by atoms with Crippen LogP contribution in [0.5, 0.6) is 0 Å². The van der Waals surface area contributed by atoms with Gasteiger partial charge in [0.05, 0.1) is 17.7 Å². The minimum atomic E-state index is 0.280. The summed E-state index contributed by atoms with van der Waals surface area (Å²) in [5.74, 6) is 2.08. The molecule has 3 aromatic rings. The fourth-order valence-corrected chi connectivity index (χ4v) is 4.70. The van der Waals surface area contributed by atoms with E-state index in [1.807, 2.05) is 24.3 Å². The van der Waals surface area contributed by atoms with Crippen LogP contribution in [0.4, 0.5) is 0 Å². The van der Waals surface area contributed by atoms with Crippen molar-refractivity contribution in [3.05, 3.63) is 119 Å². The summed E-state index contributed by atoms with van der Waals surface area (Å²) >= 11 is 0. The first kappa shape index (κ1) is 35.1. The van der Waals surface area contributed by atoms with Crippen molar-refractivity contribution < 1.29 is 4.79 Å². The molecule has 1 aliphatic carbocycles. The molecule has 1 fully saturated rings. The molecule has 0 N–H and O–H groups in total. The van der Waals surface area contributed by atoms with Crippen LogP contribution in [-0.4, -0.2) is 5.78 Å². The molecule has 2 atom stereocenters. The molecule has 2 unspecified atom stereocenters. The van der Waals surface area contributed by atoms with E-state index in [0.29, 0.717) is 18.3 Å². The number of aryl methyl sites for hydroxylation is 2. The Morgan fingerprint density at radius 3 is 1.90 bits per heavy atom. The Labute approximate surface area is 249 Å². The number of ketones is 1. The zero-order chi connectivity index (χ0) is 30.5. The average molecular weight is 549 g/mol. The summed E-state index contributed by atoms with van der Waals surface area (Å²) in [5.41, 5.74) is 6.18. The van der Waals surface area contributed by atoms with Crippen LogP contribution < -0.4 is 0 Å². The van der Waals surface area contributed by atoms with Gasteiger partial charge in [0.2, 0.25) is 0 Å². The van der Waals surface area contributed by atoms with Gasteiger partial charge in [0, 0.05) is 13.3 Å². The summed E-state index contributed by atoms with van der Waals surface area (Å²) in [7, 11) is 0. The molecule has 0 bridgehead atoms. The Morgan fingerprint density at radius 1 is 0.951 bits per heavy atom. The topological polar surface area (TPSA) is 64.7 Å². The van der Waals surface area contributed by atoms with E-state index in [2.05, 4.69) is 94.1 Å². The number of Topliss-reactive ketones (excluding diaryl/α,β-unsaturated/α-hetero) is 1. The molecule has 1 saturated carbocycles. The molecular formula is C38H48N2O. The number of hydrogen-bond acceptors (Lipinski definition) is 3. The number of hydrogen-bond donors (Lipinski definition) is 0. The highest BCUT2D eigenvalue weighted by molar-refractivity contribution is 5.76. The van der Waals surface area contributed by atoms with E-state index in [1.165, 1.54) is 54.9 Å². The zero-order valence-electron chi connectivity index (χ0n) is 25.8. The van der Waals surface area contributed by atoms with Crippen molar-refractivity contribution in [2.24, 2.45) is 5.92 Å². The Bertz CT molecular complexity index is 1210. The van der Waals surface area contributed by atoms with Gasteiger partial charge in [0.25, 0.3) is 0 Å². The van der Waals surface area contributed by atoms with E-state index in [4.69, 9.17) is 10.5 Å². The Hall–Kier alpha value is -3.95. The predicted octanol–water partition coefficient (Wildman–Crippen LogP) is 10.4. The molecular weight excluding hydrogens is 500 g/mol. The van der Waals surface area contributed by atoms with Crippen LogP contribution in [0.2, 0.25) is 0 Å². The molecule has 1 aliphatic rings. The van der Waals surface area contributed by atoms with Crippen molar-refractivity contribution >= 4 is 5.78 Å². The second-order valence-corrected chi connectivity index (χ2v) is 10.7. The second-order valence-electron chi connectivity index (χ2n) is 10.7. The highest BCUT2D eigenvalue weighted by Crippen LogP contribution is 2.39. The summed E-state index contributed by atoms with van der Waals surface area (Å²) in [4.78, 5) is 11.5. The number of nitrogens with zero attached hydrogens (tertiary/aromatic N) is 2. The van der Waals surface area contributed by atoms with Gasteiger partial charge in [0.15, 0.2) is 0 Å². The number of allylic oxidation sites excluding steroid dienone is 1. The number of carbonyl (C=O) groups is 1. The SMILES string of the molecule is C=CCC(CCC)CC(CC(C)=O)c1ccccc1.CC#N.Cc1ccccc1C.N#Cc1ccc(C2CC2)cc1. The summed E-state index contributed by atoms with van der Waals surface area (Å²) in [5, 5.41) is 15.9. The molecule has 0 radical (unpaired) electrons.